The molecule has 16 heavy (non-hydrogen) atoms. The first-order valence-corrected chi connectivity index (χ1v) is 7.84. The summed E-state index contributed by atoms with van der Waals surface area (Å²) in [6.07, 6.45) is 5.87. The number of fused-ring (bicyclic) bond motifs is 1. The molecular weight excluding hydrogens is 282 g/mol. The van der Waals surface area contributed by atoms with E-state index in [1.165, 1.54) is 34.3 Å². The zero-order chi connectivity index (χ0) is 11.1. The summed E-state index contributed by atoms with van der Waals surface area (Å²) in [5.74, 6) is 2.96. The van der Waals surface area contributed by atoms with Crippen LogP contribution in [-0.4, -0.2) is 7.05 Å². The molecular formula is C13H18BrNS. The summed E-state index contributed by atoms with van der Waals surface area (Å²) in [5.41, 5.74) is 0. The van der Waals surface area contributed by atoms with E-state index < -0.39 is 0 Å². The van der Waals surface area contributed by atoms with E-state index in [0.29, 0.717) is 6.04 Å². The van der Waals surface area contributed by atoms with E-state index in [-0.39, 0.29) is 0 Å². The summed E-state index contributed by atoms with van der Waals surface area (Å²) in [6, 6.07) is 5.06. The van der Waals surface area contributed by atoms with Crippen LogP contribution in [0, 0.1) is 17.8 Å². The molecule has 1 N–H and O–H groups in total. The van der Waals surface area contributed by atoms with Crippen LogP contribution in [0.25, 0.3) is 0 Å². The largest absolute Gasteiger partial charge is 0.312 e. The molecule has 1 nitrogen and oxygen atoms in total. The SMILES string of the molecule is CNC(c1ccc(Br)s1)C1C2CCCCC21. The Balaban J connectivity index is 1.77. The molecule has 0 radical (unpaired) electrons. The molecule has 3 unspecified atom stereocenters. The molecule has 3 atom stereocenters. The standard InChI is InChI=1S/C13H18BrNS/c1-15-13(10-6-7-11(14)16-10)12-8-4-2-3-5-9(8)12/h6-9,12-13,15H,2-5H2,1H3. The molecule has 0 bridgehead atoms. The number of halogens is 1. The third-order valence-corrected chi connectivity index (χ3v) is 6.03. The number of nitrogens with one attached hydrogen (secondary N) is 1. The molecule has 2 aliphatic rings. The maximum Gasteiger partial charge on any atom is 0.0701 e. The van der Waals surface area contributed by atoms with E-state index in [4.69, 9.17) is 0 Å². The fraction of sp³-hybridized carbons (Fsp3) is 0.692. The van der Waals surface area contributed by atoms with E-state index in [1.807, 2.05) is 11.3 Å². The molecule has 1 aromatic heterocycles. The van der Waals surface area contributed by atoms with Crippen LogP contribution < -0.4 is 5.32 Å². The molecule has 0 aromatic carbocycles. The molecule has 88 valence electrons. The van der Waals surface area contributed by atoms with Crippen LogP contribution in [0.5, 0.6) is 0 Å². The van der Waals surface area contributed by atoms with Crippen molar-refractivity contribution in [1.82, 2.24) is 5.32 Å². The van der Waals surface area contributed by atoms with Gasteiger partial charge in [-0.15, -0.1) is 11.3 Å². The first-order valence-electron chi connectivity index (χ1n) is 6.24. The summed E-state index contributed by atoms with van der Waals surface area (Å²) in [6.45, 7) is 0. The molecule has 0 saturated heterocycles. The molecule has 3 rings (SSSR count). The van der Waals surface area contributed by atoms with Gasteiger partial charge in [-0.2, -0.15) is 0 Å². The second-order valence-electron chi connectivity index (χ2n) is 5.10. The van der Waals surface area contributed by atoms with Crippen LogP contribution in [0.1, 0.15) is 36.6 Å². The number of thiophene rings is 1. The molecule has 2 aliphatic carbocycles. The summed E-state index contributed by atoms with van der Waals surface area (Å²) < 4.78 is 1.26. The second-order valence-corrected chi connectivity index (χ2v) is 7.59. The average Bonchev–Trinajstić information content (AvgIpc) is 2.86. The van der Waals surface area contributed by atoms with Crippen molar-refractivity contribution >= 4 is 27.3 Å². The van der Waals surface area contributed by atoms with Crippen molar-refractivity contribution in [3.8, 4) is 0 Å². The smallest absolute Gasteiger partial charge is 0.0701 e. The molecule has 2 saturated carbocycles. The van der Waals surface area contributed by atoms with Crippen LogP contribution in [0.3, 0.4) is 0 Å². The van der Waals surface area contributed by atoms with Crippen LogP contribution >= 0.6 is 27.3 Å². The predicted molar refractivity (Wildman–Crippen MR) is 72.8 cm³/mol. The van der Waals surface area contributed by atoms with Gasteiger partial charge in [0.25, 0.3) is 0 Å². The molecule has 1 heterocycles. The highest BCUT2D eigenvalue weighted by Crippen LogP contribution is 2.60. The van der Waals surface area contributed by atoms with Gasteiger partial charge in [0.2, 0.25) is 0 Å². The Morgan fingerprint density at radius 1 is 1.31 bits per heavy atom. The van der Waals surface area contributed by atoms with Gasteiger partial charge in [0.05, 0.1) is 3.79 Å². The molecule has 0 aliphatic heterocycles. The third-order valence-electron chi connectivity index (χ3n) is 4.32. The highest BCUT2D eigenvalue weighted by Gasteiger charge is 2.54. The van der Waals surface area contributed by atoms with Gasteiger partial charge in [0, 0.05) is 10.9 Å². The number of hydrogen-bond acceptors (Lipinski definition) is 2. The highest BCUT2D eigenvalue weighted by molar-refractivity contribution is 9.11. The lowest BCUT2D eigenvalue weighted by atomic mass is 10.0. The van der Waals surface area contributed by atoms with Crippen LogP contribution in [0.4, 0.5) is 0 Å². The van der Waals surface area contributed by atoms with Crippen molar-refractivity contribution < 1.29 is 0 Å². The van der Waals surface area contributed by atoms with Crippen molar-refractivity contribution in [3.05, 3.63) is 20.8 Å². The second kappa shape index (κ2) is 4.43. The average molecular weight is 300 g/mol. The van der Waals surface area contributed by atoms with Crippen molar-refractivity contribution in [2.75, 3.05) is 7.05 Å². The molecule has 0 spiro atoms. The zero-order valence-electron chi connectivity index (χ0n) is 9.58. The lowest BCUT2D eigenvalue weighted by molar-refractivity contribution is 0.480. The highest BCUT2D eigenvalue weighted by atomic mass is 79.9. The topological polar surface area (TPSA) is 12.0 Å². The van der Waals surface area contributed by atoms with Crippen LogP contribution in [-0.2, 0) is 0 Å². The first kappa shape index (κ1) is 11.2. The summed E-state index contributed by atoms with van der Waals surface area (Å²) >= 11 is 5.45. The van der Waals surface area contributed by atoms with Gasteiger partial charge in [-0.25, -0.2) is 0 Å². The summed E-state index contributed by atoms with van der Waals surface area (Å²) in [4.78, 5) is 1.51. The molecule has 2 fully saturated rings. The third kappa shape index (κ3) is 1.87. The van der Waals surface area contributed by atoms with E-state index in [0.717, 1.165) is 17.8 Å². The van der Waals surface area contributed by atoms with Crippen LogP contribution in [0.2, 0.25) is 0 Å². The van der Waals surface area contributed by atoms with Gasteiger partial charge in [-0.1, -0.05) is 12.8 Å². The Bertz CT molecular complexity index is 364. The Morgan fingerprint density at radius 2 is 2.00 bits per heavy atom. The summed E-state index contributed by atoms with van der Waals surface area (Å²) in [5, 5.41) is 3.54. The minimum atomic E-state index is 0.601. The van der Waals surface area contributed by atoms with Crippen molar-refractivity contribution in [2.45, 2.75) is 31.7 Å². The Hall–Kier alpha value is 0.140. The quantitative estimate of drug-likeness (QED) is 0.882. The molecule has 1 aromatic rings. The predicted octanol–water partition coefficient (Wildman–Crippen LogP) is 4.21. The van der Waals surface area contributed by atoms with Gasteiger partial charge in [0.1, 0.15) is 0 Å². The van der Waals surface area contributed by atoms with Gasteiger partial charge in [-0.3, -0.25) is 0 Å². The number of rotatable bonds is 3. The van der Waals surface area contributed by atoms with E-state index in [9.17, 15) is 0 Å². The first-order chi connectivity index (χ1) is 7.81. The Morgan fingerprint density at radius 3 is 2.50 bits per heavy atom. The molecule has 0 amide bonds. The minimum absolute atomic E-state index is 0.601. The van der Waals surface area contributed by atoms with Crippen molar-refractivity contribution in [3.63, 3.8) is 0 Å². The lowest BCUT2D eigenvalue weighted by Gasteiger charge is -2.14. The fourth-order valence-corrected chi connectivity index (χ4v) is 5.15. The van der Waals surface area contributed by atoms with E-state index in [2.05, 4.69) is 40.4 Å². The zero-order valence-corrected chi connectivity index (χ0v) is 12.0. The van der Waals surface area contributed by atoms with Gasteiger partial charge >= 0.3 is 0 Å². The Labute approximate surface area is 110 Å². The van der Waals surface area contributed by atoms with Gasteiger partial charge in [0.15, 0.2) is 0 Å². The van der Waals surface area contributed by atoms with E-state index >= 15 is 0 Å². The number of hydrogen-bond donors (Lipinski definition) is 1. The lowest BCUT2D eigenvalue weighted by Crippen LogP contribution is -2.18. The Kier molecular flexibility index (Phi) is 3.11. The fourth-order valence-electron chi connectivity index (χ4n) is 3.56. The van der Waals surface area contributed by atoms with Gasteiger partial charge in [-0.05, 0) is 65.7 Å². The summed E-state index contributed by atoms with van der Waals surface area (Å²) in [7, 11) is 2.11. The van der Waals surface area contributed by atoms with E-state index in [1.54, 1.807) is 0 Å². The normalized spacial score (nSPS) is 34.5. The van der Waals surface area contributed by atoms with Crippen molar-refractivity contribution in [1.29, 1.82) is 0 Å². The van der Waals surface area contributed by atoms with Gasteiger partial charge < -0.3 is 5.32 Å². The van der Waals surface area contributed by atoms with Crippen LogP contribution in [0.15, 0.2) is 15.9 Å². The monoisotopic (exact) mass is 299 g/mol. The van der Waals surface area contributed by atoms with Crippen molar-refractivity contribution in [2.24, 2.45) is 17.8 Å². The molecule has 3 heteroatoms. The maximum atomic E-state index is 3.57. The minimum Gasteiger partial charge on any atom is -0.312 e. The maximum absolute atomic E-state index is 3.57.